The van der Waals surface area contributed by atoms with Crippen LogP contribution < -0.4 is 5.73 Å². The van der Waals surface area contributed by atoms with Gasteiger partial charge in [0, 0.05) is 36.9 Å². The normalized spacial score (nSPS) is 23.5. The summed E-state index contributed by atoms with van der Waals surface area (Å²) in [5.41, 5.74) is 6.56. The number of hydrogen-bond acceptors (Lipinski definition) is 4. The van der Waals surface area contributed by atoms with Crippen LogP contribution >= 0.6 is 0 Å². The summed E-state index contributed by atoms with van der Waals surface area (Å²) >= 11 is 0. The Hall–Kier alpha value is -1.62. The number of ether oxygens (including phenoxy) is 1. The van der Waals surface area contributed by atoms with Gasteiger partial charge >= 0.3 is 6.09 Å². The molecule has 2 rings (SSSR count). The Bertz CT molecular complexity index is 442. The van der Waals surface area contributed by atoms with Crippen molar-refractivity contribution in [1.82, 2.24) is 9.88 Å². The molecule has 0 radical (unpaired) electrons. The SMILES string of the molecule is CC(C)(C)OC(=O)N1C[C@@H](N)[C@H](c2ccccn2)C1. The highest BCUT2D eigenvalue weighted by Crippen LogP contribution is 2.26. The van der Waals surface area contributed by atoms with Crippen molar-refractivity contribution in [3.63, 3.8) is 0 Å². The highest BCUT2D eigenvalue weighted by molar-refractivity contribution is 5.68. The number of nitrogens with two attached hydrogens (primary N) is 1. The number of carbonyl (C=O) groups excluding carboxylic acids is 1. The fraction of sp³-hybridized carbons (Fsp3) is 0.571. The third-order valence-electron chi connectivity index (χ3n) is 3.08. The zero-order valence-corrected chi connectivity index (χ0v) is 11.7. The first-order valence-corrected chi connectivity index (χ1v) is 6.51. The van der Waals surface area contributed by atoms with Gasteiger partial charge < -0.3 is 15.4 Å². The predicted molar refractivity (Wildman–Crippen MR) is 72.8 cm³/mol. The molecule has 104 valence electrons. The average Bonchev–Trinajstić information content (AvgIpc) is 2.70. The van der Waals surface area contributed by atoms with Gasteiger partial charge in [0.05, 0.1) is 0 Å². The molecule has 1 saturated heterocycles. The smallest absolute Gasteiger partial charge is 0.410 e. The van der Waals surface area contributed by atoms with Crippen molar-refractivity contribution in [3.05, 3.63) is 30.1 Å². The van der Waals surface area contributed by atoms with Gasteiger partial charge in [0.1, 0.15) is 5.60 Å². The number of pyridine rings is 1. The van der Waals surface area contributed by atoms with Crippen LogP contribution in [0, 0.1) is 0 Å². The molecule has 1 fully saturated rings. The van der Waals surface area contributed by atoms with Crippen molar-refractivity contribution in [2.75, 3.05) is 13.1 Å². The molecule has 2 heterocycles. The molecule has 1 amide bonds. The summed E-state index contributed by atoms with van der Waals surface area (Å²) in [7, 11) is 0. The number of nitrogens with zero attached hydrogens (tertiary/aromatic N) is 2. The van der Waals surface area contributed by atoms with Crippen LogP contribution in [0.15, 0.2) is 24.4 Å². The summed E-state index contributed by atoms with van der Waals surface area (Å²) in [5, 5.41) is 0. The zero-order valence-electron chi connectivity index (χ0n) is 11.7. The van der Waals surface area contributed by atoms with E-state index >= 15 is 0 Å². The summed E-state index contributed by atoms with van der Waals surface area (Å²) < 4.78 is 5.37. The first-order valence-electron chi connectivity index (χ1n) is 6.51. The first-order chi connectivity index (χ1) is 8.87. The number of rotatable bonds is 1. The van der Waals surface area contributed by atoms with Crippen molar-refractivity contribution in [2.24, 2.45) is 5.73 Å². The molecule has 1 aromatic rings. The molecule has 0 aromatic carbocycles. The topological polar surface area (TPSA) is 68.5 Å². The largest absolute Gasteiger partial charge is 0.444 e. The van der Waals surface area contributed by atoms with E-state index in [9.17, 15) is 4.79 Å². The molecule has 1 aromatic heterocycles. The zero-order chi connectivity index (χ0) is 14.0. The number of likely N-dealkylation sites (tertiary alicyclic amines) is 1. The van der Waals surface area contributed by atoms with Crippen molar-refractivity contribution in [2.45, 2.75) is 38.3 Å². The lowest BCUT2D eigenvalue weighted by atomic mass is 10.0. The highest BCUT2D eigenvalue weighted by Gasteiger charge is 2.36. The van der Waals surface area contributed by atoms with Gasteiger partial charge in [0.25, 0.3) is 0 Å². The molecule has 0 aliphatic carbocycles. The van der Waals surface area contributed by atoms with Gasteiger partial charge in [0.15, 0.2) is 0 Å². The van der Waals surface area contributed by atoms with Crippen molar-refractivity contribution in [3.8, 4) is 0 Å². The van der Waals surface area contributed by atoms with E-state index in [1.165, 1.54) is 0 Å². The van der Waals surface area contributed by atoms with E-state index in [0.29, 0.717) is 13.1 Å². The van der Waals surface area contributed by atoms with Crippen LogP contribution in [0.1, 0.15) is 32.4 Å². The second-order valence-corrected chi connectivity index (χ2v) is 5.91. The monoisotopic (exact) mass is 263 g/mol. The molecule has 2 N–H and O–H groups in total. The van der Waals surface area contributed by atoms with Crippen LogP contribution in [0.2, 0.25) is 0 Å². The number of carbonyl (C=O) groups is 1. The minimum Gasteiger partial charge on any atom is -0.444 e. The molecule has 5 nitrogen and oxygen atoms in total. The van der Waals surface area contributed by atoms with E-state index in [1.54, 1.807) is 11.1 Å². The van der Waals surface area contributed by atoms with Gasteiger partial charge in [-0.25, -0.2) is 4.79 Å². The van der Waals surface area contributed by atoms with Gasteiger partial charge in [0.2, 0.25) is 0 Å². The van der Waals surface area contributed by atoms with E-state index in [0.717, 1.165) is 5.69 Å². The molecule has 0 saturated carbocycles. The summed E-state index contributed by atoms with van der Waals surface area (Å²) in [6.07, 6.45) is 1.44. The fourth-order valence-electron chi connectivity index (χ4n) is 2.21. The van der Waals surface area contributed by atoms with Crippen molar-refractivity contribution in [1.29, 1.82) is 0 Å². The Morgan fingerprint density at radius 1 is 1.42 bits per heavy atom. The van der Waals surface area contributed by atoms with Gasteiger partial charge in [-0.15, -0.1) is 0 Å². The Morgan fingerprint density at radius 2 is 2.16 bits per heavy atom. The second kappa shape index (κ2) is 5.17. The lowest BCUT2D eigenvalue weighted by Gasteiger charge is -2.24. The van der Waals surface area contributed by atoms with Crippen LogP contribution in [-0.2, 0) is 4.74 Å². The molecule has 5 heteroatoms. The highest BCUT2D eigenvalue weighted by atomic mass is 16.6. The Balaban J connectivity index is 2.04. The van der Waals surface area contributed by atoms with Crippen molar-refractivity contribution >= 4 is 6.09 Å². The van der Waals surface area contributed by atoms with Gasteiger partial charge in [-0.05, 0) is 32.9 Å². The van der Waals surface area contributed by atoms with E-state index in [2.05, 4.69) is 4.98 Å². The summed E-state index contributed by atoms with van der Waals surface area (Å²) in [6, 6.07) is 5.66. The molecular formula is C14H21N3O2. The third-order valence-corrected chi connectivity index (χ3v) is 3.08. The quantitative estimate of drug-likeness (QED) is 0.838. The lowest BCUT2D eigenvalue weighted by Crippen LogP contribution is -2.36. The Labute approximate surface area is 113 Å². The van der Waals surface area contributed by atoms with Crippen LogP contribution in [0.5, 0.6) is 0 Å². The van der Waals surface area contributed by atoms with Gasteiger partial charge in [-0.1, -0.05) is 6.07 Å². The minimum atomic E-state index is -0.482. The molecule has 0 bridgehead atoms. The summed E-state index contributed by atoms with van der Waals surface area (Å²) in [5.74, 6) is 0.0775. The second-order valence-electron chi connectivity index (χ2n) is 5.91. The van der Waals surface area contributed by atoms with E-state index in [4.69, 9.17) is 10.5 Å². The molecule has 0 spiro atoms. The standard InChI is InChI=1S/C14H21N3O2/c1-14(2,3)19-13(18)17-8-10(11(15)9-17)12-6-4-5-7-16-12/h4-7,10-11H,8-9,15H2,1-3H3/t10-,11-/m1/s1. The summed E-state index contributed by atoms with van der Waals surface area (Å²) in [4.78, 5) is 18.0. The molecule has 1 aliphatic rings. The molecular weight excluding hydrogens is 242 g/mol. The summed E-state index contributed by atoms with van der Waals surface area (Å²) in [6.45, 7) is 6.65. The van der Waals surface area contributed by atoms with Gasteiger partial charge in [-0.3, -0.25) is 4.98 Å². The number of hydrogen-bond donors (Lipinski definition) is 1. The number of amides is 1. The molecule has 2 atom stereocenters. The first kappa shape index (κ1) is 13.8. The predicted octanol–water partition coefficient (Wildman–Crippen LogP) is 1.74. The van der Waals surface area contributed by atoms with Crippen LogP contribution in [-0.4, -0.2) is 40.7 Å². The van der Waals surface area contributed by atoms with Crippen LogP contribution in [0.25, 0.3) is 0 Å². The van der Waals surface area contributed by atoms with Crippen LogP contribution in [0.3, 0.4) is 0 Å². The van der Waals surface area contributed by atoms with E-state index in [-0.39, 0.29) is 18.1 Å². The Kier molecular flexibility index (Phi) is 3.75. The van der Waals surface area contributed by atoms with E-state index in [1.807, 2.05) is 39.0 Å². The molecule has 19 heavy (non-hydrogen) atoms. The lowest BCUT2D eigenvalue weighted by molar-refractivity contribution is 0.0290. The van der Waals surface area contributed by atoms with Gasteiger partial charge in [-0.2, -0.15) is 0 Å². The van der Waals surface area contributed by atoms with Crippen LogP contribution in [0.4, 0.5) is 4.79 Å². The fourth-order valence-corrected chi connectivity index (χ4v) is 2.21. The Morgan fingerprint density at radius 3 is 2.74 bits per heavy atom. The third kappa shape index (κ3) is 3.44. The minimum absolute atomic E-state index is 0.0775. The molecule has 0 unspecified atom stereocenters. The van der Waals surface area contributed by atoms with E-state index < -0.39 is 5.60 Å². The molecule has 1 aliphatic heterocycles. The maximum Gasteiger partial charge on any atom is 0.410 e. The average molecular weight is 263 g/mol. The maximum atomic E-state index is 12.0. The number of aromatic nitrogens is 1. The maximum absolute atomic E-state index is 12.0. The van der Waals surface area contributed by atoms with Crippen molar-refractivity contribution < 1.29 is 9.53 Å².